The summed E-state index contributed by atoms with van der Waals surface area (Å²) in [5.74, 6) is -0.298. The molecule has 0 aliphatic carbocycles. The van der Waals surface area contributed by atoms with E-state index in [0.29, 0.717) is 12.1 Å². The third kappa shape index (κ3) is 3.46. The second-order valence-corrected chi connectivity index (χ2v) is 4.78. The van der Waals surface area contributed by atoms with Crippen LogP contribution in [0.3, 0.4) is 0 Å². The Bertz CT molecular complexity index is 748. The number of nitriles is 1. The molecule has 0 unspecified atom stereocenters. The van der Waals surface area contributed by atoms with Crippen LogP contribution in [0.25, 0.3) is 0 Å². The Morgan fingerprint density at radius 1 is 1.27 bits per heavy atom. The van der Waals surface area contributed by atoms with Gasteiger partial charge in [0.25, 0.3) is 11.6 Å². The van der Waals surface area contributed by atoms with Gasteiger partial charge < -0.3 is 4.90 Å². The van der Waals surface area contributed by atoms with Crippen LogP contribution in [0.15, 0.2) is 48.5 Å². The van der Waals surface area contributed by atoms with Crippen molar-refractivity contribution in [3.05, 3.63) is 75.3 Å². The first-order chi connectivity index (χ1) is 10.5. The van der Waals surface area contributed by atoms with Crippen molar-refractivity contribution in [3.63, 3.8) is 0 Å². The van der Waals surface area contributed by atoms with Gasteiger partial charge in [-0.05, 0) is 23.8 Å². The monoisotopic (exact) mass is 295 g/mol. The standard InChI is InChI=1S/C16H13N3O3/c1-18(11-13-7-5-12(10-17)6-8-13)16(20)14-3-2-4-15(9-14)19(21)22/h2-9H,11H2,1H3. The number of carbonyl (C=O) groups is 1. The third-order valence-corrected chi connectivity index (χ3v) is 3.15. The number of carbonyl (C=O) groups excluding carboxylic acids is 1. The lowest BCUT2D eigenvalue weighted by Gasteiger charge is -2.17. The fraction of sp³-hybridized carbons (Fsp3) is 0.125. The van der Waals surface area contributed by atoms with Crippen molar-refractivity contribution in [2.24, 2.45) is 0 Å². The summed E-state index contributed by atoms with van der Waals surface area (Å²) in [6.45, 7) is 0.354. The molecule has 0 aliphatic rings. The van der Waals surface area contributed by atoms with Crippen molar-refractivity contribution in [2.75, 3.05) is 7.05 Å². The molecule has 0 aliphatic heterocycles. The van der Waals surface area contributed by atoms with Crippen LogP contribution in [-0.4, -0.2) is 22.8 Å². The van der Waals surface area contributed by atoms with Gasteiger partial charge >= 0.3 is 0 Å². The van der Waals surface area contributed by atoms with Gasteiger partial charge in [-0.15, -0.1) is 0 Å². The Balaban J connectivity index is 2.13. The average Bonchev–Trinajstić information content (AvgIpc) is 2.54. The predicted octanol–water partition coefficient (Wildman–Crippen LogP) is 2.74. The van der Waals surface area contributed by atoms with Gasteiger partial charge in [-0.2, -0.15) is 5.26 Å². The molecule has 6 nitrogen and oxygen atoms in total. The molecule has 1 amide bonds. The van der Waals surface area contributed by atoms with E-state index in [9.17, 15) is 14.9 Å². The van der Waals surface area contributed by atoms with E-state index < -0.39 is 4.92 Å². The molecule has 2 aromatic rings. The van der Waals surface area contributed by atoms with Gasteiger partial charge in [0.15, 0.2) is 0 Å². The van der Waals surface area contributed by atoms with E-state index in [1.807, 2.05) is 6.07 Å². The molecule has 2 aromatic carbocycles. The number of hydrogen-bond donors (Lipinski definition) is 0. The Labute approximate surface area is 127 Å². The molecule has 110 valence electrons. The summed E-state index contributed by atoms with van der Waals surface area (Å²) in [5.41, 5.74) is 1.58. The molecule has 0 saturated heterocycles. The van der Waals surface area contributed by atoms with Gasteiger partial charge in [0.1, 0.15) is 0 Å². The van der Waals surface area contributed by atoms with Crippen LogP contribution in [0.4, 0.5) is 5.69 Å². The van der Waals surface area contributed by atoms with Crippen molar-refractivity contribution in [2.45, 2.75) is 6.54 Å². The maximum Gasteiger partial charge on any atom is 0.270 e. The fourth-order valence-corrected chi connectivity index (χ4v) is 2.00. The Kier molecular flexibility index (Phi) is 4.49. The smallest absolute Gasteiger partial charge is 0.270 e. The Morgan fingerprint density at radius 3 is 2.55 bits per heavy atom. The van der Waals surface area contributed by atoms with Crippen molar-refractivity contribution >= 4 is 11.6 Å². The number of nitrogens with zero attached hydrogens (tertiary/aromatic N) is 3. The minimum atomic E-state index is -0.530. The van der Waals surface area contributed by atoms with Crippen molar-refractivity contribution in [1.29, 1.82) is 5.26 Å². The lowest BCUT2D eigenvalue weighted by molar-refractivity contribution is -0.384. The molecule has 0 radical (unpaired) electrons. The van der Waals surface area contributed by atoms with Crippen LogP contribution in [0.2, 0.25) is 0 Å². The van der Waals surface area contributed by atoms with Gasteiger partial charge in [0, 0.05) is 31.3 Å². The molecule has 0 heterocycles. The van der Waals surface area contributed by atoms with E-state index >= 15 is 0 Å². The van der Waals surface area contributed by atoms with Gasteiger partial charge in [-0.1, -0.05) is 18.2 Å². The zero-order chi connectivity index (χ0) is 16.1. The van der Waals surface area contributed by atoms with E-state index in [1.165, 1.54) is 23.1 Å². The van der Waals surface area contributed by atoms with Crippen LogP contribution < -0.4 is 0 Å². The maximum atomic E-state index is 12.3. The topological polar surface area (TPSA) is 87.2 Å². The number of nitro groups is 1. The average molecular weight is 295 g/mol. The summed E-state index contributed by atoms with van der Waals surface area (Å²) in [5, 5.41) is 19.5. The third-order valence-electron chi connectivity index (χ3n) is 3.15. The van der Waals surface area contributed by atoms with Crippen molar-refractivity contribution < 1.29 is 9.72 Å². The molecule has 0 aromatic heterocycles. The quantitative estimate of drug-likeness (QED) is 0.641. The molecular formula is C16H13N3O3. The van der Waals surface area contributed by atoms with E-state index in [0.717, 1.165) is 5.56 Å². The molecule has 0 fully saturated rings. The van der Waals surface area contributed by atoms with Crippen molar-refractivity contribution in [1.82, 2.24) is 4.90 Å². The van der Waals surface area contributed by atoms with Gasteiger partial charge in [0.05, 0.1) is 16.6 Å². The van der Waals surface area contributed by atoms with E-state index in [-0.39, 0.29) is 17.2 Å². The summed E-state index contributed by atoms with van der Waals surface area (Å²) >= 11 is 0. The minimum absolute atomic E-state index is 0.113. The Hall–Kier alpha value is -3.20. The van der Waals surface area contributed by atoms with Crippen LogP contribution in [0, 0.1) is 21.4 Å². The predicted molar refractivity (Wildman–Crippen MR) is 80.1 cm³/mol. The summed E-state index contributed by atoms with van der Waals surface area (Å²) < 4.78 is 0. The zero-order valence-corrected chi connectivity index (χ0v) is 11.9. The lowest BCUT2D eigenvalue weighted by Crippen LogP contribution is -2.26. The second kappa shape index (κ2) is 6.50. The SMILES string of the molecule is CN(Cc1ccc(C#N)cc1)C(=O)c1cccc([N+](=O)[O-])c1. The maximum absolute atomic E-state index is 12.3. The first kappa shape index (κ1) is 15.2. The largest absolute Gasteiger partial charge is 0.337 e. The highest BCUT2D eigenvalue weighted by Gasteiger charge is 2.15. The van der Waals surface area contributed by atoms with Crippen molar-refractivity contribution in [3.8, 4) is 6.07 Å². The molecule has 0 N–H and O–H groups in total. The van der Waals surface area contributed by atoms with Crippen LogP contribution in [0.5, 0.6) is 0 Å². The van der Waals surface area contributed by atoms with Gasteiger partial charge in [-0.3, -0.25) is 14.9 Å². The highest BCUT2D eigenvalue weighted by atomic mass is 16.6. The lowest BCUT2D eigenvalue weighted by atomic mass is 10.1. The van der Waals surface area contributed by atoms with Gasteiger partial charge in [-0.25, -0.2) is 0 Å². The molecular weight excluding hydrogens is 282 g/mol. The van der Waals surface area contributed by atoms with Crippen LogP contribution in [-0.2, 0) is 6.54 Å². The molecule has 0 atom stereocenters. The Morgan fingerprint density at radius 2 is 1.95 bits per heavy atom. The highest BCUT2D eigenvalue weighted by Crippen LogP contribution is 2.15. The molecule has 0 saturated carbocycles. The molecule has 22 heavy (non-hydrogen) atoms. The van der Waals surface area contributed by atoms with E-state index in [1.54, 1.807) is 37.4 Å². The number of hydrogen-bond acceptors (Lipinski definition) is 4. The first-order valence-electron chi connectivity index (χ1n) is 6.50. The van der Waals surface area contributed by atoms with E-state index in [4.69, 9.17) is 5.26 Å². The van der Waals surface area contributed by atoms with E-state index in [2.05, 4.69) is 0 Å². The highest BCUT2D eigenvalue weighted by molar-refractivity contribution is 5.94. The minimum Gasteiger partial charge on any atom is -0.337 e. The summed E-state index contributed by atoms with van der Waals surface area (Å²) in [6.07, 6.45) is 0. The number of non-ortho nitro benzene ring substituents is 1. The molecule has 6 heteroatoms. The number of amides is 1. The van der Waals surface area contributed by atoms with Crippen LogP contribution >= 0.6 is 0 Å². The molecule has 0 spiro atoms. The second-order valence-electron chi connectivity index (χ2n) is 4.78. The first-order valence-corrected chi connectivity index (χ1v) is 6.50. The number of nitro benzene ring substituents is 1. The summed E-state index contributed by atoms with van der Waals surface area (Å²) in [7, 11) is 1.62. The van der Waals surface area contributed by atoms with Crippen LogP contribution in [0.1, 0.15) is 21.5 Å². The zero-order valence-electron chi connectivity index (χ0n) is 11.9. The number of benzene rings is 2. The molecule has 2 rings (SSSR count). The van der Waals surface area contributed by atoms with Gasteiger partial charge in [0.2, 0.25) is 0 Å². The molecule has 0 bridgehead atoms. The number of rotatable bonds is 4. The normalized spacial score (nSPS) is 9.82. The fourth-order valence-electron chi connectivity index (χ4n) is 2.00. The summed E-state index contributed by atoms with van der Waals surface area (Å²) in [6, 6.07) is 14.6. The summed E-state index contributed by atoms with van der Waals surface area (Å²) in [4.78, 5) is 24.0.